The van der Waals surface area contributed by atoms with Gasteiger partial charge in [0.2, 0.25) is 0 Å². The molecule has 0 spiro atoms. The largest absolute Gasteiger partial charge is 0.347 e. The summed E-state index contributed by atoms with van der Waals surface area (Å²) in [5.74, 6) is -0.201. The maximum absolute atomic E-state index is 12.2. The summed E-state index contributed by atoms with van der Waals surface area (Å²) in [7, 11) is 0. The van der Waals surface area contributed by atoms with Crippen molar-refractivity contribution in [3.8, 4) is 0 Å². The fraction of sp³-hybridized carbons (Fsp3) is 0.0667. The van der Waals surface area contributed by atoms with Gasteiger partial charge in [0.15, 0.2) is 0 Å². The highest BCUT2D eigenvalue weighted by Gasteiger charge is 2.13. The van der Waals surface area contributed by atoms with Crippen LogP contribution >= 0.6 is 11.3 Å². The molecule has 0 radical (unpaired) electrons. The first-order chi connectivity index (χ1) is 10.6. The average molecular weight is 313 g/mol. The van der Waals surface area contributed by atoms with Gasteiger partial charge in [0, 0.05) is 41.2 Å². The summed E-state index contributed by atoms with van der Waals surface area (Å²) in [5, 5.41) is 14.3. The standard InChI is InChI=1S/C15H11N3O3S/c19-15(17-9-10-2-1-5-16-8-10)14-7-11-6-12(18(20)21)3-4-13(11)22-14/h1-8H,9H2,(H,17,19). The number of fused-ring (bicyclic) bond motifs is 1. The Bertz CT molecular complexity index is 846. The summed E-state index contributed by atoms with van der Waals surface area (Å²) in [4.78, 5) is 27.0. The second-order valence-electron chi connectivity index (χ2n) is 4.63. The number of nitro groups is 1. The van der Waals surface area contributed by atoms with Crippen LogP contribution in [-0.4, -0.2) is 15.8 Å². The number of aromatic nitrogens is 1. The van der Waals surface area contributed by atoms with Gasteiger partial charge >= 0.3 is 0 Å². The predicted octanol–water partition coefficient (Wildman–Crippen LogP) is 3.13. The molecule has 1 aromatic carbocycles. The summed E-state index contributed by atoms with van der Waals surface area (Å²) >= 11 is 1.31. The van der Waals surface area contributed by atoms with Crippen LogP contribution in [0.25, 0.3) is 10.1 Å². The fourth-order valence-corrected chi connectivity index (χ4v) is 2.99. The van der Waals surface area contributed by atoms with Crippen molar-refractivity contribution < 1.29 is 9.72 Å². The Morgan fingerprint density at radius 2 is 2.18 bits per heavy atom. The number of nitrogens with one attached hydrogen (secondary N) is 1. The number of carbonyl (C=O) groups is 1. The third-order valence-electron chi connectivity index (χ3n) is 3.11. The van der Waals surface area contributed by atoms with E-state index in [4.69, 9.17) is 0 Å². The first-order valence-electron chi connectivity index (χ1n) is 6.48. The number of rotatable bonds is 4. The molecule has 6 nitrogen and oxygen atoms in total. The minimum Gasteiger partial charge on any atom is -0.347 e. The SMILES string of the molecule is O=C(NCc1cccnc1)c1cc2cc([N+](=O)[O-])ccc2s1. The molecule has 3 rings (SSSR count). The van der Waals surface area contributed by atoms with Gasteiger partial charge in [-0.25, -0.2) is 0 Å². The third-order valence-corrected chi connectivity index (χ3v) is 4.23. The molecule has 3 aromatic rings. The second-order valence-corrected chi connectivity index (χ2v) is 5.72. The van der Waals surface area contributed by atoms with Crippen molar-refractivity contribution in [1.82, 2.24) is 10.3 Å². The molecule has 0 fully saturated rings. The normalized spacial score (nSPS) is 10.5. The van der Waals surface area contributed by atoms with E-state index in [1.807, 2.05) is 6.07 Å². The summed E-state index contributed by atoms with van der Waals surface area (Å²) in [6.45, 7) is 0.390. The Hall–Kier alpha value is -2.80. The monoisotopic (exact) mass is 313 g/mol. The van der Waals surface area contributed by atoms with Crippen molar-refractivity contribution in [3.63, 3.8) is 0 Å². The van der Waals surface area contributed by atoms with Crippen LogP contribution in [0, 0.1) is 10.1 Å². The lowest BCUT2D eigenvalue weighted by Crippen LogP contribution is -2.21. The molecule has 0 saturated carbocycles. The van der Waals surface area contributed by atoms with E-state index < -0.39 is 4.92 Å². The Balaban J connectivity index is 1.78. The van der Waals surface area contributed by atoms with Crippen molar-refractivity contribution in [2.24, 2.45) is 0 Å². The molecule has 1 amide bonds. The van der Waals surface area contributed by atoms with Crippen molar-refractivity contribution in [3.05, 3.63) is 69.3 Å². The van der Waals surface area contributed by atoms with Gasteiger partial charge < -0.3 is 5.32 Å². The Labute approximate surface area is 129 Å². The van der Waals surface area contributed by atoms with Crippen LogP contribution in [0.4, 0.5) is 5.69 Å². The zero-order valence-electron chi connectivity index (χ0n) is 11.4. The van der Waals surface area contributed by atoms with Gasteiger partial charge in [-0.2, -0.15) is 0 Å². The van der Waals surface area contributed by atoms with Gasteiger partial charge in [-0.1, -0.05) is 6.07 Å². The van der Waals surface area contributed by atoms with Crippen LogP contribution in [0.15, 0.2) is 48.8 Å². The van der Waals surface area contributed by atoms with E-state index in [1.54, 1.807) is 30.6 Å². The van der Waals surface area contributed by atoms with Crippen LogP contribution in [0.2, 0.25) is 0 Å². The molecule has 2 aromatic heterocycles. The molecule has 0 atom stereocenters. The maximum atomic E-state index is 12.2. The number of amides is 1. The topological polar surface area (TPSA) is 85.1 Å². The second kappa shape index (κ2) is 5.90. The lowest BCUT2D eigenvalue weighted by Gasteiger charge is -2.02. The van der Waals surface area contributed by atoms with E-state index in [1.165, 1.54) is 23.5 Å². The number of carbonyl (C=O) groups excluding carboxylic acids is 1. The number of hydrogen-bond donors (Lipinski definition) is 1. The van der Waals surface area contributed by atoms with Crippen LogP contribution in [0.5, 0.6) is 0 Å². The van der Waals surface area contributed by atoms with E-state index in [2.05, 4.69) is 10.3 Å². The predicted molar refractivity (Wildman–Crippen MR) is 83.9 cm³/mol. The first-order valence-corrected chi connectivity index (χ1v) is 7.30. The molecule has 0 aliphatic rings. The van der Waals surface area contributed by atoms with E-state index in [9.17, 15) is 14.9 Å². The van der Waals surface area contributed by atoms with Gasteiger partial charge in [-0.05, 0) is 23.8 Å². The minimum absolute atomic E-state index is 0.0209. The molecular formula is C15H11N3O3S. The van der Waals surface area contributed by atoms with Gasteiger partial charge in [0.05, 0.1) is 9.80 Å². The van der Waals surface area contributed by atoms with E-state index in [0.717, 1.165) is 10.3 Å². The Morgan fingerprint density at radius 3 is 2.91 bits per heavy atom. The Morgan fingerprint density at radius 1 is 1.32 bits per heavy atom. The van der Waals surface area contributed by atoms with E-state index in [-0.39, 0.29) is 11.6 Å². The molecule has 0 unspecified atom stereocenters. The number of benzene rings is 1. The number of thiophene rings is 1. The lowest BCUT2D eigenvalue weighted by molar-refractivity contribution is -0.384. The number of nitrogens with zero attached hydrogens (tertiary/aromatic N) is 2. The molecule has 110 valence electrons. The van der Waals surface area contributed by atoms with Gasteiger partial charge in [-0.15, -0.1) is 11.3 Å². The smallest absolute Gasteiger partial charge is 0.270 e. The van der Waals surface area contributed by atoms with Crippen LogP contribution < -0.4 is 5.32 Å². The number of nitro benzene ring substituents is 1. The average Bonchev–Trinajstić information content (AvgIpc) is 2.96. The summed E-state index contributed by atoms with van der Waals surface area (Å²) in [5.41, 5.74) is 0.931. The molecule has 0 bridgehead atoms. The highest BCUT2D eigenvalue weighted by Crippen LogP contribution is 2.28. The highest BCUT2D eigenvalue weighted by molar-refractivity contribution is 7.20. The molecule has 22 heavy (non-hydrogen) atoms. The summed E-state index contributed by atoms with van der Waals surface area (Å²) < 4.78 is 0.845. The van der Waals surface area contributed by atoms with Crippen molar-refractivity contribution in [2.75, 3.05) is 0 Å². The number of hydrogen-bond acceptors (Lipinski definition) is 5. The molecule has 2 heterocycles. The zero-order valence-corrected chi connectivity index (χ0v) is 12.2. The van der Waals surface area contributed by atoms with Crippen molar-refractivity contribution in [2.45, 2.75) is 6.54 Å². The van der Waals surface area contributed by atoms with Crippen molar-refractivity contribution >= 4 is 33.0 Å². The van der Waals surface area contributed by atoms with Gasteiger partial charge in [-0.3, -0.25) is 19.9 Å². The number of pyridine rings is 1. The molecule has 7 heteroatoms. The fourth-order valence-electron chi connectivity index (χ4n) is 2.03. The lowest BCUT2D eigenvalue weighted by atomic mass is 10.2. The molecule has 0 aliphatic heterocycles. The molecule has 0 saturated heterocycles. The molecule has 0 aliphatic carbocycles. The Kier molecular flexibility index (Phi) is 3.80. The molecule has 1 N–H and O–H groups in total. The number of non-ortho nitro benzene ring substituents is 1. The van der Waals surface area contributed by atoms with Crippen LogP contribution in [0.3, 0.4) is 0 Å². The minimum atomic E-state index is -0.445. The summed E-state index contributed by atoms with van der Waals surface area (Å²) in [6.07, 6.45) is 3.36. The van der Waals surface area contributed by atoms with Gasteiger partial charge in [0.25, 0.3) is 11.6 Å². The molecular weight excluding hydrogens is 302 g/mol. The van der Waals surface area contributed by atoms with Crippen molar-refractivity contribution in [1.29, 1.82) is 0 Å². The summed E-state index contributed by atoms with van der Waals surface area (Å²) in [6, 6.07) is 9.93. The first kappa shape index (κ1) is 14.2. The van der Waals surface area contributed by atoms with E-state index in [0.29, 0.717) is 16.8 Å². The highest BCUT2D eigenvalue weighted by atomic mass is 32.1. The quantitative estimate of drug-likeness (QED) is 0.592. The van der Waals surface area contributed by atoms with Crippen LogP contribution in [-0.2, 0) is 6.54 Å². The van der Waals surface area contributed by atoms with E-state index >= 15 is 0 Å². The van der Waals surface area contributed by atoms with Crippen LogP contribution in [0.1, 0.15) is 15.2 Å². The third kappa shape index (κ3) is 2.94. The van der Waals surface area contributed by atoms with Gasteiger partial charge in [0.1, 0.15) is 0 Å². The zero-order chi connectivity index (χ0) is 15.5. The maximum Gasteiger partial charge on any atom is 0.270 e.